The SMILES string of the molecule is CCCCCCCCC(=O)OCC(COC(=O)CCC)OC(=O)CCC(CCC(=O)OC(COC(=O)CCCCCCCC)COC(=O)CCCCCCCC)(SC)SC. The zero-order valence-corrected chi connectivity index (χ0v) is 39.9. The molecule has 0 radical (unpaired) electrons. The number of rotatable bonds is 41. The predicted octanol–water partition coefficient (Wildman–Crippen LogP) is 11.0. The number of ether oxygens (including phenoxy) is 6. The van der Waals surface area contributed by atoms with Gasteiger partial charge in [0.15, 0.2) is 12.2 Å². The van der Waals surface area contributed by atoms with E-state index in [9.17, 15) is 28.8 Å². The Morgan fingerprint density at radius 1 is 0.367 bits per heavy atom. The second kappa shape index (κ2) is 39.4. The van der Waals surface area contributed by atoms with Crippen molar-refractivity contribution in [1.82, 2.24) is 0 Å². The third-order valence-corrected chi connectivity index (χ3v) is 13.4. The van der Waals surface area contributed by atoms with Crippen LogP contribution in [0.25, 0.3) is 0 Å². The first-order valence-electron chi connectivity index (χ1n) is 23.1. The van der Waals surface area contributed by atoms with Gasteiger partial charge in [-0.2, -0.15) is 0 Å². The fraction of sp³-hybridized carbons (Fsp3) is 0.870. The van der Waals surface area contributed by atoms with Crippen molar-refractivity contribution >= 4 is 59.3 Å². The lowest BCUT2D eigenvalue weighted by molar-refractivity contribution is -0.167. The summed E-state index contributed by atoms with van der Waals surface area (Å²) in [4.78, 5) is 75.9. The smallest absolute Gasteiger partial charge is 0.306 e. The van der Waals surface area contributed by atoms with E-state index < -0.39 is 34.2 Å². The Morgan fingerprint density at radius 3 is 0.933 bits per heavy atom. The lowest BCUT2D eigenvalue weighted by Crippen LogP contribution is -2.32. The van der Waals surface area contributed by atoms with Crippen LogP contribution in [0.4, 0.5) is 0 Å². The van der Waals surface area contributed by atoms with Gasteiger partial charge in [-0.1, -0.05) is 124 Å². The third-order valence-electron chi connectivity index (χ3n) is 10.1. The minimum Gasteiger partial charge on any atom is -0.462 e. The van der Waals surface area contributed by atoms with Gasteiger partial charge in [-0.25, -0.2) is 0 Å². The molecule has 0 fully saturated rings. The molecule has 0 saturated heterocycles. The molecule has 0 heterocycles. The van der Waals surface area contributed by atoms with E-state index in [1.165, 1.54) is 42.8 Å². The number of hydrogen-bond acceptors (Lipinski definition) is 14. The van der Waals surface area contributed by atoms with Crippen LogP contribution in [0.2, 0.25) is 0 Å². The Hall–Kier alpha value is -2.48. The lowest BCUT2D eigenvalue weighted by Gasteiger charge is -2.30. The molecule has 0 aromatic heterocycles. The van der Waals surface area contributed by atoms with Crippen LogP contribution < -0.4 is 0 Å². The number of thioether (sulfide) groups is 2. The highest BCUT2D eigenvalue weighted by Crippen LogP contribution is 2.42. The van der Waals surface area contributed by atoms with Crippen molar-refractivity contribution in [2.75, 3.05) is 38.9 Å². The minimum atomic E-state index is -0.948. The normalized spacial score (nSPS) is 11.8. The molecular formula is C46H82O12S2. The highest BCUT2D eigenvalue weighted by molar-refractivity contribution is 8.17. The van der Waals surface area contributed by atoms with Gasteiger partial charge < -0.3 is 28.4 Å². The summed E-state index contributed by atoms with van der Waals surface area (Å²) in [6.07, 6.45) is 22.9. The topological polar surface area (TPSA) is 158 Å². The average molecular weight is 891 g/mol. The van der Waals surface area contributed by atoms with Gasteiger partial charge in [0, 0.05) is 38.5 Å². The van der Waals surface area contributed by atoms with Gasteiger partial charge in [-0.3, -0.25) is 28.8 Å². The van der Waals surface area contributed by atoms with Crippen molar-refractivity contribution in [3.05, 3.63) is 0 Å². The van der Waals surface area contributed by atoms with Gasteiger partial charge in [-0.05, 0) is 51.0 Å². The summed E-state index contributed by atoms with van der Waals surface area (Å²) in [6, 6.07) is 0. The van der Waals surface area contributed by atoms with E-state index in [0.717, 1.165) is 96.3 Å². The van der Waals surface area contributed by atoms with Crippen molar-refractivity contribution in [3.63, 3.8) is 0 Å². The van der Waals surface area contributed by atoms with Crippen molar-refractivity contribution in [2.45, 2.75) is 217 Å². The summed E-state index contributed by atoms with van der Waals surface area (Å²) >= 11 is 3.02. The molecule has 0 aromatic rings. The number of carbonyl (C=O) groups excluding carboxylic acids is 6. The quantitative estimate of drug-likeness (QED) is 0.0247. The molecule has 0 rings (SSSR count). The second-order valence-electron chi connectivity index (χ2n) is 15.6. The monoisotopic (exact) mass is 891 g/mol. The van der Waals surface area contributed by atoms with Gasteiger partial charge in [0.1, 0.15) is 26.4 Å². The van der Waals surface area contributed by atoms with Gasteiger partial charge in [0.05, 0.1) is 4.08 Å². The summed E-state index contributed by atoms with van der Waals surface area (Å²) in [5.74, 6) is -2.65. The molecule has 1 unspecified atom stereocenters. The number of unbranched alkanes of at least 4 members (excludes halogenated alkanes) is 15. The molecule has 12 nitrogen and oxygen atoms in total. The maximum absolute atomic E-state index is 13.2. The van der Waals surface area contributed by atoms with Gasteiger partial charge in [0.2, 0.25) is 0 Å². The predicted molar refractivity (Wildman–Crippen MR) is 241 cm³/mol. The molecule has 14 heteroatoms. The highest BCUT2D eigenvalue weighted by Gasteiger charge is 2.32. The highest BCUT2D eigenvalue weighted by atomic mass is 32.2. The molecule has 0 aromatic carbocycles. The van der Waals surface area contributed by atoms with Crippen LogP contribution in [0.5, 0.6) is 0 Å². The molecular weight excluding hydrogens is 809 g/mol. The van der Waals surface area contributed by atoms with Gasteiger partial charge in [0.25, 0.3) is 0 Å². The maximum Gasteiger partial charge on any atom is 0.306 e. The third kappa shape index (κ3) is 33.2. The first kappa shape index (κ1) is 57.5. The van der Waals surface area contributed by atoms with Crippen LogP contribution in [0.3, 0.4) is 0 Å². The van der Waals surface area contributed by atoms with Crippen molar-refractivity contribution in [2.24, 2.45) is 0 Å². The largest absolute Gasteiger partial charge is 0.462 e. The molecule has 0 aliphatic carbocycles. The standard InChI is InChI=1S/C46H82O12S2/c1-7-11-14-17-20-23-27-41(48)54-35-38(34-53-40(47)26-10-4)57-44(51)30-32-46(59-5,60-6)33-31-45(52)58-39(36-55-42(49)28-24-21-18-15-12-8-2)37-56-43(50)29-25-22-19-16-13-9-3/h38-39H,7-37H2,1-6H3. The van der Waals surface area contributed by atoms with E-state index in [0.29, 0.717) is 19.3 Å². The van der Waals surface area contributed by atoms with Crippen LogP contribution in [0.15, 0.2) is 0 Å². The molecule has 0 N–H and O–H groups in total. The molecule has 60 heavy (non-hydrogen) atoms. The molecule has 0 aliphatic heterocycles. The molecule has 0 bridgehead atoms. The minimum absolute atomic E-state index is 0.00752. The molecule has 1 atom stereocenters. The molecule has 0 amide bonds. The fourth-order valence-electron chi connectivity index (χ4n) is 6.31. The van der Waals surface area contributed by atoms with Gasteiger partial charge in [-0.15, -0.1) is 23.5 Å². The Bertz CT molecular complexity index is 1110. The summed E-state index contributed by atoms with van der Waals surface area (Å²) in [6.45, 7) is 7.46. The fourth-order valence-corrected chi connectivity index (χ4v) is 8.20. The maximum atomic E-state index is 13.2. The van der Waals surface area contributed by atoms with E-state index in [1.807, 2.05) is 19.4 Å². The number of esters is 6. The van der Waals surface area contributed by atoms with Crippen LogP contribution in [-0.2, 0) is 57.2 Å². The van der Waals surface area contributed by atoms with E-state index >= 15 is 0 Å². The average Bonchev–Trinajstić information content (AvgIpc) is 3.24. The zero-order valence-electron chi connectivity index (χ0n) is 38.3. The van der Waals surface area contributed by atoms with E-state index in [-0.39, 0.29) is 82.9 Å². The molecule has 0 spiro atoms. The Labute approximate surface area is 371 Å². The Balaban J connectivity index is 5.30. The second-order valence-corrected chi connectivity index (χ2v) is 18.2. The van der Waals surface area contributed by atoms with Crippen LogP contribution >= 0.6 is 23.5 Å². The molecule has 350 valence electrons. The Kier molecular flexibility index (Phi) is 37.7. The van der Waals surface area contributed by atoms with E-state index in [4.69, 9.17) is 28.4 Å². The zero-order chi connectivity index (χ0) is 44.7. The summed E-state index contributed by atoms with van der Waals surface area (Å²) in [7, 11) is 0. The van der Waals surface area contributed by atoms with Crippen LogP contribution in [-0.4, -0.2) is 91.0 Å². The number of carbonyl (C=O) groups is 6. The summed E-state index contributed by atoms with van der Waals surface area (Å²) in [5.41, 5.74) is 0. The van der Waals surface area contributed by atoms with Crippen LogP contribution in [0.1, 0.15) is 201 Å². The molecule has 0 aliphatic rings. The molecule has 0 saturated carbocycles. The van der Waals surface area contributed by atoms with Crippen LogP contribution in [0, 0.1) is 0 Å². The first-order chi connectivity index (χ1) is 29.0. The van der Waals surface area contributed by atoms with E-state index in [1.54, 1.807) is 0 Å². The van der Waals surface area contributed by atoms with Crippen molar-refractivity contribution in [1.29, 1.82) is 0 Å². The Morgan fingerprint density at radius 2 is 0.650 bits per heavy atom. The van der Waals surface area contributed by atoms with E-state index in [2.05, 4.69) is 20.8 Å². The number of hydrogen-bond donors (Lipinski definition) is 0. The van der Waals surface area contributed by atoms with Crippen molar-refractivity contribution < 1.29 is 57.2 Å². The lowest BCUT2D eigenvalue weighted by atomic mass is 10.1. The first-order valence-corrected chi connectivity index (χ1v) is 25.5. The van der Waals surface area contributed by atoms with Crippen molar-refractivity contribution in [3.8, 4) is 0 Å². The van der Waals surface area contributed by atoms with Gasteiger partial charge >= 0.3 is 35.8 Å². The summed E-state index contributed by atoms with van der Waals surface area (Å²) in [5, 5.41) is 0. The summed E-state index contributed by atoms with van der Waals surface area (Å²) < 4.78 is 32.5.